The van der Waals surface area contributed by atoms with E-state index in [9.17, 15) is 14.4 Å². The fourth-order valence-corrected chi connectivity index (χ4v) is 3.85. The van der Waals surface area contributed by atoms with E-state index in [1.54, 1.807) is 48.5 Å². The average molecular weight is 467 g/mol. The van der Waals surface area contributed by atoms with Gasteiger partial charge in [-0.2, -0.15) is 0 Å². The summed E-state index contributed by atoms with van der Waals surface area (Å²) in [6.45, 7) is 1.94. The van der Waals surface area contributed by atoms with Crippen LogP contribution in [-0.2, 0) is 16.1 Å². The van der Waals surface area contributed by atoms with Crippen LogP contribution in [0.1, 0.15) is 28.1 Å². The molecule has 1 aliphatic rings. The molecule has 152 valence electrons. The van der Waals surface area contributed by atoms with Crippen LogP contribution in [0.15, 0.2) is 75.8 Å². The summed E-state index contributed by atoms with van der Waals surface area (Å²) in [5.74, 6) is -0.530. The lowest BCUT2D eigenvalue weighted by Crippen LogP contribution is -2.45. The maximum Gasteiger partial charge on any atom is 0.257 e. The van der Waals surface area contributed by atoms with Crippen LogP contribution in [-0.4, -0.2) is 28.7 Å². The summed E-state index contributed by atoms with van der Waals surface area (Å²) < 4.78 is 6.26. The number of hydrogen-bond acceptors (Lipinski definition) is 4. The number of furan rings is 1. The fraction of sp³-hybridized carbons (Fsp3) is 0.174. The number of nitrogens with zero attached hydrogens (tertiary/aromatic N) is 2. The van der Waals surface area contributed by atoms with Crippen LogP contribution in [0.5, 0.6) is 0 Å². The lowest BCUT2D eigenvalue weighted by Gasteiger charge is -2.27. The maximum atomic E-state index is 13.4. The molecule has 1 aliphatic heterocycles. The number of halogens is 1. The van der Waals surface area contributed by atoms with E-state index in [4.69, 9.17) is 4.42 Å². The molecule has 1 atom stereocenters. The Balaban J connectivity index is 1.69. The number of amides is 3. The van der Waals surface area contributed by atoms with E-state index in [2.05, 4.69) is 15.9 Å². The van der Waals surface area contributed by atoms with Crippen molar-refractivity contribution < 1.29 is 18.8 Å². The van der Waals surface area contributed by atoms with Crippen molar-refractivity contribution in [2.45, 2.75) is 25.9 Å². The first-order chi connectivity index (χ1) is 14.5. The van der Waals surface area contributed by atoms with Gasteiger partial charge in [-0.3, -0.25) is 14.4 Å². The van der Waals surface area contributed by atoms with Gasteiger partial charge in [0.05, 0.1) is 24.9 Å². The molecule has 0 spiro atoms. The third-order valence-electron chi connectivity index (χ3n) is 5.13. The lowest BCUT2D eigenvalue weighted by molar-refractivity contribution is -0.122. The molecule has 0 radical (unpaired) electrons. The second kappa shape index (κ2) is 8.28. The summed E-state index contributed by atoms with van der Waals surface area (Å²) in [5.41, 5.74) is 1.77. The van der Waals surface area contributed by atoms with Gasteiger partial charge in [0, 0.05) is 10.0 Å². The Hall–Kier alpha value is -3.19. The van der Waals surface area contributed by atoms with Crippen LogP contribution < -0.4 is 4.90 Å². The van der Waals surface area contributed by atoms with Crippen LogP contribution >= 0.6 is 15.9 Å². The van der Waals surface area contributed by atoms with Gasteiger partial charge < -0.3 is 9.32 Å². The van der Waals surface area contributed by atoms with E-state index in [1.807, 2.05) is 19.1 Å². The van der Waals surface area contributed by atoms with Crippen molar-refractivity contribution in [3.8, 4) is 0 Å². The average Bonchev–Trinajstić information content (AvgIpc) is 3.35. The van der Waals surface area contributed by atoms with Crippen molar-refractivity contribution in [1.82, 2.24) is 4.90 Å². The number of aryl methyl sites for hydroxylation is 1. The Morgan fingerprint density at radius 3 is 2.50 bits per heavy atom. The Morgan fingerprint density at radius 1 is 1.10 bits per heavy atom. The molecule has 1 aromatic heterocycles. The summed E-state index contributed by atoms with van der Waals surface area (Å²) in [6, 6.07) is 16.7. The van der Waals surface area contributed by atoms with Gasteiger partial charge in [0.15, 0.2) is 0 Å². The second-order valence-electron chi connectivity index (χ2n) is 7.09. The van der Waals surface area contributed by atoms with E-state index < -0.39 is 11.9 Å². The highest BCUT2D eigenvalue weighted by molar-refractivity contribution is 9.10. The van der Waals surface area contributed by atoms with E-state index in [-0.39, 0.29) is 24.8 Å². The van der Waals surface area contributed by atoms with Crippen LogP contribution in [0.25, 0.3) is 0 Å². The summed E-state index contributed by atoms with van der Waals surface area (Å²) in [7, 11) is 0. The zero-order valence-electron chi connectivity index (χ0n) is 16.2. The van der Waals surface area contributed by atoms with Gasteiger partial charge in [-0.05, 0) is 55.0 Å². The van der Waals surface area contributed by atoms with E-state index in [1.165, 1.54) is 11.2 Å². The molecule has 7 heteroatoms. The molecule has 3 amide bonds. The predicted octanol–water partition coefficient (Wildman–Crippen LogP) is 4.33. The van der Waals surface area contributed by atoms with E-state index >= 15 is 0 Å². The van der Waals surface area contributed by atoms with Crippen LogP contribution in [0.3, 0.4) is 0 Å². The largest absolute Gasteiger partial charge is 0.467 e. The third-order valence-corrected chi connectivity index (χ3v) is 5.66. The van der Waals surface area contributed by atoms with Crippen molar-refractivity contribution >= 4 is 39.3 Å². The van der Waals surface area contributed by atoms with Gasteiger partial charge >= 0.3 is 0 Å². The molecule has 1 unspecified atom stereocenters. The van der Waals surface area contributed by atoms with Gasteiger partial charge in [0.1, 0.15) is 11.8 Å². The molecule has 6 nitrogen and oxygen atoms in total. The molecule has 0 bridgehead atoms. The number of imide groups is 1. The zero-order chi connectivity index (χ0) is 21.3. The molecule has 2 aromatic carbocycles. The molecule has 2 heterocycles. The van der Waals surface area contributed by atoms with E-state index in [0.29, 0.717) is 17.0 Å². The third kappa shape index (κ3) is 3.80. The first-order valence-corrected chi connectivity index (χ1v) is 10.3. The summed E-state index contributed by atoms with van der Waals surface area (Å²) in [4.78, 5) is 42.0. The molecular weight excluding hydrogens is 448 g/mol. The van der Waals surface area contributed by atoms with Crippen LogP contribution in [0.4, 0.5) is 5.69 Å². The first-order valence-electron chi connectivity index (χ1n) is 9.47. The smallest absolute Gasteiger partial charge is 0.257 e. The zero-order valence-corrected chi connectivity index (χ0v) is 17.8. The highest BCUT2D eigenvalue weighted by Gasteiger charge is 2.44. The van der Waals surface area contributed by atoms with Crippen molar-refractivity contribution in [2.75, 3.05) is 4.90 Å². The Bertz CT molecular complexity index is 1090. The van der Waals surface area contributed by atoms with Gasteiger partial charge in [0.25, 0.3) is 11.8 Å². The van der Waals surface area contributed by atoms with E-state index in [0.717, 1.165) is 14.9 Å². The lowest BCUT2D eigenvalue weighted by atomic mass is 10.1. The topological polar surface area (TPSA) is 70.8 Å². The van der Waals surface area contributed by atoms with Crippen LogP contribution in [0.2, 0.25) is 0 Å². The minimum Gasteiger partial charge on any atom is -0.467 e. The van der Waals surface area contributed by atoms with Crippen LogP contribution in [0, 0.1) is 6.92 Å². The molecule has 3 aromatic rings. The molecule has 0 saturated carbocycles. The molecule has 0 N–H and O–H groups in total. The van der Waals surface area contributed by atoms with Crippen molar-refractivity contribution in [3.63, 3.8) is 0 Å². The molecular formula is C23H19BrN2O4. The van der Waals surface area contributed by atoms with Gasteiger partial charge in [-0.15, -0.1) is 0 Å². The minimum absolute atomic E-state index is 0.0762. The molecule has 4 rings (SSSR count). The number of anilines is 1. The number of carbonyl (C=O) groups is 3. The van der Waals surface area contributed by atoms with Crippen molar-refractivity contribution in [1.29, 1.82) is 0 Å². The fourth-order valence-electron chi connectivity index (χ4n) is 3.58. The van der Waals surface area contributed by atoms with Crippen molar-refractivity contribution in [3.05, 3.63) is 88.3 Å². The van der Waals surface area contributed by atoms with Crippen molar-refractivity contribution in [2.24, 2.45) is 0 Å². The minimum atomic E-state index is -0.904. The van der Waals surface area contributed by atoms with Gasteiger partial charge in [0.2, 0.25) is 5.91 Å². The maximum absolute atomic E-state index is 13.4. The first kappa shape index (κ1) is 20.1. The number of benzene rings is 2. The molecule has 1 saturated heterocycles. The Morgan fingerprint density at radius 2 is 1.83 bits per heavy atom. The summed E-state index contributed by atoms with van der Waals surface area (Å²) in [6.07, 6.45) is 1.44. The Labute approximate surface area is 182 Å². The summed E-state index contributed by atoms with van der Waals surface area (Å²) >= 11 is 3.35. The molecule has 1 fully saturated rings. The quantitative estimate of drug-likeness (QED) is 0.524. The standard InChI is InChI=1S/C23H19BrN2O4/c1-15-5-2-3-7-19(15)22(28)25(14-18-6-4-12-30-18)20-13-21(27)26(23(20)29)17-10-8-16(24)9-11-17/h2-12,20H,13-14H2,1H3. The highest BCUT2D eigenvalue weighted by Crippen LogP contribution is 2.29. The normalized spacial score (nSPS) is 16.2. The highest BCUT2D eigenvalue weighted by atomic mass is 79.9. The monoisotopic (exact) mass is 466 g/mol. The number of hydrogen-bond donors (Lipinski definition) is 0. The second-order valence-corrected chi connectivity index (χ2v) is 8.01. The SMILES string of the molecule is Cc1ccccc1C(=O)N(Cc1ccco1)C1CC(=O)N(c2ccc(Br)cc2)C1=O. The predicted molar refractivity (Wildman–Crippen MR) is 115 cm³/mol. The Kier molecular flexibility index (Phi) is 5.55. The molecule has 0 aliphatic carbocycles. The molecule has 30 heavy (non-hydrogen) atoms. The number of carbonyl (C=O) groups excluding carboxylic acids is 3. The van der Waals surface area contributed by atoms with Gasteiger partial charge in [-0.1, -0.05) is 34.1 Å². The number of rotatable bonds is 5. The van der Waals surface area contributed by atoms with Gasteiger partial charge in [-0.25, -0.2) is 4.90 Å². The summed E-state index contributed by atoms with van der Waals surface area (Å²) in [5, 5.41) is 0.